The van der Waals surface area contributed by atoms with Crippen LogP contribution in [0.1, 0.15) is 24.9 Å². The normalized spacial score (nSPS) is 13.1. The second-order valence-electron chi connectivity index (χ2n) is 4.21. The van der Waals surface area contributed by atoms with Crippen LogP contribution in [0.3, 0.4) is 0 Å². The number of hydrogen-bond acceptors (Lipinski definition) is 3. The second kappa shape index (κ2) is 6.55. The molecule has 0 aromatic carbocycles. The van der Waals surface area contributed by atoms with Gasteiger partial charge in [-0.3, -0.25) is 4.98 Å². The maximum Gasteiger partial charge on any atom is 0.141 e. The van der Waals surface area contributed by atoms with Gasteiger partial charge in [-0.05, 0) is 38.7 Å². The van der Waals surface area contributed by atoms with Gasteiger partial charge in [0.2, 0.25) is 0 Å². The molecule has 4 heteroatoms. The Morgan fingerprint density at radius 1 is 1.44 bits per heavy atom. The Balaban J connectivity index is 2.74. The van der Waals surface area contributed by atoms with Gasteiger partial charge in [0.05, 0.1) is 6.20 Å². The molecule has 0 spiro atoms. The van der Waals surface area contributed by atoms with Crippen molar-refractivity contribution in [2.75, 3.05) is 27.2 Å². The molecule has 0 saturated heterocycles. The highest BCUT2D eigenvalue weighted by Crippen LogP contribution is 2.13. The van der Waals surface area contributed by atoms with Crippen LogP contribution in [0.2, 0.25) is 0 Å². The summed E-state index contributed by atoms with van der Waals surface area (Å²) < 4.78 is 13.1. The van der Waals surface area contributed by atoms with Crippen molar-refractivity contribution in [3.8, 4) is 0 Å². The topological polar surface area (TPSA) is 28.2 Å². The number of rotatable bonds is 6. The summed E-state index contributed by atoms with van der Waals surface area (Å²) in [5, 5.41) is 3.40. The monoisotopic (exact) mass is 225 g/mol. The van der Waals surface area contributed by atoms with Crippen LogP contribution in [0, 0.1) is 5.82 Å². The third kappa shape index (κ3) is 4.24. The van der Waals surface area contributed by atoms with E-state index in [0.717, 1.165) is 25.1 Å². The summed E-state index contributed by atoms with van der Waals surface area (Å²) in [5.41, 5.74) is 0.905. The molecule has 90 valence electrons. The predicted octanol–water partition coefficient (Wildman–Crippen LogP) is 1.82. The lowest BCUT2D eigenvalue weighted by atomic mass is 10.1. The van der Waals surface area contributed by atoms with Crippen molar-refractivity contribution in [1.29, 1.82) is 0 Å². The smallest absolute Gasteiger partial charge is 0.141 e. The van der Waals surface area contributed by atoms with Gasteiger partial charge in [0, 0.05) is 18.8 Å². The zero-order valence-electron chi connectivity index (χ0n) is 10.2. The van der Waals surface area contributed by atoms with Gasteiger partial charge in [0.15, 0.2) is 0 Å². The second-order valence-corrected chi connectivity index (χ2v) is 4.21. The van der Waals surface area contributed by atoms with E-state index >= 15 is 0 Å². The van der Waals surface area contributed by atoms with Crippen LogP contribution < -0.4 is 5.32 Å². The lowest BCUT2D eigenvalue weighted by Gasteiger charge is -2.22. The number of hydrogen-bond donors (Lipinski definition) is 1. The number of nitrogens with one attached hydrogen (secondary N) is 1. The molecule has 16 heavy (non-hydrogen) atoms. The van der Waals surface area contributed by atoms with Gasteiger partial charge in [-0.2, -0.15) is 0 Å². The van der Waals surface area contributed by atoms with Crippen LogP contribution in [0.4, 0.5) is 4.39 Å². The Bertz CT molecular complexity index is 315. The molecule has 1 N–H and O–H groups in total. The first-order valence-electron chi connectivity index (χ1n) is 5.62. The fourth-order valence-corrected chi connectivity index (χ4v) is 1.59. The molecule has 0 bridgehead atoms. The summed E-state index contributed by atoms with van der Waals surface area (Å²) in [6.45, 7) is 3.88. The molecule has 0 aliphatic rings. The van der Waals surface area contributed by atoms with Crippen molar-refractivity contribution < 1.29 is 4.39 Å². The number of halogens is 1. The van der Waals surface area contributed by atoms with Crippen molar-refractivity contribution in [2.45, 2.75) is 19.4 Å². The van der Waals surface area contributed by atoms with E-state index in [2.05, 4.69) is 22.1 Å². The number of nitrogens with zero attached hydrogens (tertiary/aromatic N) is 2. The first kappa shape index (κ1) is 13.1. The molecule has 3 nitrogen and oxygen atoms in total. The van der Waals surface area contributed by atoms with Crippen LogP contribution in [-0.2, 0) is 0 Å². The van der Waals surface area contributed by atoms with Crippen LogP contribution in [-0.4, -0.2) is 37.1 Å². The molecule has 0 aliphatic heterocycles. The van der Waals surface area contributed by atoms with E-state index in [4.69, 9.17) is 0 Å². The van der Waals surface area contributed by atoms with Gasteiger partial charge in [-0.25, -0.2) is 4.39 Å². The molecular formula is C12H20FN3. The van der Waals surface area contributed by atoms with Crippen molar-refractivity contribution in [3.63, 3.8) is 0 Å². The van der Waals surface area contributed by atoms with Crippen LogP contribution >= 0.6 is 0 Å². The maximum atomic E-state index is 13.1. The van der Waals surface area contributed by atoms with Gasteiger partial charge >= 0.3 is 0 Å². The molecule has 0 amide bonds. The number of likely N-dealkylation sites (N-methyl/N-ethyl adjacent to an activating group) is 1. The molecule has 1 unspecified atom stereocenters. The standard InChI is InChI=1S/C12H20FN3/c1-4-5-15-12(9-16(2)3)10-6-11(13)8-14-7-10/h6-8,12,15H,4-5,9H2,1-3H3. The van der Waals surface area contributed by atoms with Crippen molar-refractivity contribution in [3.05, 3.63) is 29.8 Å². The molecule has 0 radical (unpaired) electrons. The molecule has 0 fully saturated rings. The molecule has 1 heterocycles. The molecule has 1 atom stereocenters. The summed E-state index contributed by atoms with van der Waals surface area (Å²) in [7, 11) is 4.01. The van der Waals surface area contributed by atoms with E-state index in [1.807, 2.05) is 14.1 Å². The van der Waals surface area contributed by atoms with E-state index in [0.29, 0.717) is 0 Å². The predicted molar refractivity (Wildman–Crippen MR) is 63.8 cm³/mol. The molecule has 0 saturated carbocycles. The minimum atomic E-state index is -0.278. The lowest BCUT2D eigenvalue weighted by molar-refractivity contribution is 0.341. The third-order valence-corrected chi connectivity index (χ3v) is 2.32. The van der Waals surface area contributed by atoms with Gasteiger partial charge in [-0.15, -0.1) is 0 Å². The van der Waals surface area contributed by atoms with Gasteiger partial charge in [0.1, 0.15) is 5.82 Å². The van der Waals surface area contributed by atoms with Crippen LogP contribution in [0.25, 0.3) is 0 Å². The van der Waals surface area contributed by atoms with E-state index in [-0.39, 0.29) is 11.9 Å². The zero-order chi connectivity index (χ0) is 12.0. The zero-order valence-corrected chi connectivity index (χ0v) is 10.2. The molecular weight excluding hydrogens is 205 g/mol. The third-order valence-electron chi connectivity index (χ3n) is 2.32. The lowest BCUT2D eigenvalue weighted by Crippen LogP contribution is -2.31. The van der Waals surface area contributed by atoms with Gasteiger partial charge in [-0.1, -0.05) is 6.92 Å². The van der Waals surface area contributed by atoms with Gasteiger partial charge < -0.3 is 10.2 Å². The Hall–Kier alpha value is -1.00. The Labute approximate surface area is 96.7 Å². The largest absolute Gasteiger partial charge is 0.309 e. The van der Waals surface area contributed by atoms with Gasteiger partial charge in [0.25, 0.3) is 0 Å². The summed E-state index contributed by atoms with van der Waals surface area (Å²) in [6, 6.07) is 1.68. The average Bonchev–Trinajstić information content (AvgIpc) is 2.23. The average molecular weight is 225 g/mol. The highest BCUT2D eigenvalue weighted by molar-refractivity contribution is 5.15. The fourth-order valence-electron chi connectivity index (χ4n) is 1.59. The van der Waals surface area contributed by atoms with E-state index < -0.39 is 0 Å². The quantitative estimate of drug-likeness (QED) is 0.800. The highest BCUT2D eigenvalue weighted by atomic mass is 19.1. The molecule has 1 rings (SSSR count). The highest BCUT2D eigenvalue weighted by Gasteiger charge is 2.12. The number of pyridine rings is 1. The van der Waals surface area contributed by atoms with Crippen LogP contribution in [0.5, 0.6) is 0 Å². The molecule has 1 aromatic heterocycles. The summed E-state index contributed by atoms with van der Waals surface area (Å²) in [5.74, 6) is -0.278. The maximum absolute atomic E-state index is 13.1. The first-order chi connectivity index (χ1) is 7.63. The summed E-state index contributed by atoms with van der Waals surface area (Å²) in [4.78, 5) is 5.97. The molecule has 1 aromatic rings. The van der Waals surface area contributed by atoms with Crippen molar-refractivity contribution in [2.24, 2.45) is 0 Å². The Morgan fingerprint density at radius 2 is 2.19 bits per heavy atom. The minimum Gasteiger partial charge on any atom is -0.309 e. The van der Waals surface area contributed by atoms with E-state index in [1.165, 1.54) is 6.20 Å². The van der Waals surface area contributed by atoms with Crippen LogP contribution in [0.15, 0.2) is 18.5 Å². The number of aromatic nitrogens is 1. The van der Waals surface area contributed by atoms with Crippen molar-refractivity contribution in [1.82, 2.24) is 15.2 Å². The molecule has 0 aliphatic carbocycles. The summed E-state index contributed by atoms with van der Waals surface area (Å²) in [6.07, 6.45) is 4.02. The Kier molecular flexibility index (Phi) is 5.35. The van der Waals surface area contributed by atoms with Crippen molar-refractivity contribution >= 4 is 0 Å². The summed E-state index contributed by atoms with van der Waals surface area (Å²) >= 11 is 0. The SMILES string of the molecule is CCCNC(CN(C)C)c1cncc(F)c1. The fraction of sp³-hybridized carbons (Fsp3) is 0.583. The Morgan fingerprint density at radius 3 is 2.75 bits per heavy atom. The first-order valence-corrected chi connectivity index (χ1v) is 5.62. The van der Waals surface area contributed by atoms with E-state index in [9.17, 15) is 4.39 Å². The minimum absolute atomic E-state index is 0.137. The van der Waals surface area contributed by atoms with E-state index in [1.54, 1.807) is 12.3 Å².